The molecule has 4 atom stereocenters. The largest absolute Gasteiger partial charge is 0.345 e. The summed E-state index contributed by atoms with van der Waals surface area (Å²) in [6, 6.07) is 8.78. The lowest BCUT2D eigenvalue weighted by atomic mass is 10.0. The molecule has 52 heavy (non-hydrogen) atoms. The lowest BCUT2D eigenvalue weighted by molar-refractivity contribution is -0.138. The molecule has 2 aromatic carbocycles. The summed E-state index contributed by atoms with van der Waals surface area (Å²) in [5.41, 5.74) is 0.641. The second-order valence-electron chi connectivity index (χ2n) is 13.0. The first-order chi connectivity index (χ1) is 24.6. The van der Waals surface area contributed by atoms with E-state index >= 15 is 0 Å². The Balaban J connectivity index is 1.68. The molecule has 1 aromatic heterocycles. The monoisotopic (exact) mass is 739 g/mol. The number of amides is 6. The van der Waals surface area contributed by atoms with Crippen LogP contribution in [0.5, 0.6) is 0 Å². The third-order valence-corrected chi connectivity index (χ3v) is 9.49. The van der Waals surface area contributed by atoms with Gasteiger partial charge in [0.1, 0.15) is 28.8 Å². The SMILES string of the molecule is CC(C)[C@@H]1NC(=O)[C@H](C)NC(=O)c2csc(n2)[C@H](Cc2ccccc2)NC(=O)CN(C(=O)Cc2cccc(F)c2F)CCN(C)C(=O)[C@@H](C)NC1=O. The van der Waals surface area contributed by atoms with Crippen LogP contribution in [0.3, 0.4) is 0 Å². The molecule has 3 aromatic rings. The first-order valence-corrected chi connectivity index (χ1v) is 17.7. The van der Waals surface area contributed by atoms with Crippen LogP contribution in [0.4, 0.5) is 8.78 Å². The highest BCUT2D eigenvalue weighted by Gasteiger charge is 2.31. The topological polar surface area (TPSA) is 170 Å². The summed E-state index contributed by atoms with van der Waals surface area (Å²) in [5.74, 6) is -6.43. The lowest BCUT2D eigenvalue weighted by Crippen LogP contribution is -2.57. The Labute approximate surface area is 304 Å². The minimum absolute atomic E-state index is 0.000281. The molecular weight excluding hydrogens is 697 g/mol. The maximum atomic E-state index is 14.6. The molecule has 0 spiro atoms. The van der Waals surface area contributed by atoms with Gasteiger partial charge in [-0.2, -0.15) is 0 Å². The lowest BCUT2D eigenvalue weighted by Gasteiger charge is -2.29. The molecule has 1 aliphatic heterocycles. The molecule has 2 bridgehead atoms. The van der Waals surface area contributed by atoms with E-state index in [1.54, 1.807) is 13.8 Å². The van der Waals surface area contributed by atoms with Crippen LogP contribution < -0.4 is 21.3 Å². The van der Waals surface area contributed by atoms with E-state index in [4.69, 9.17) is 0 Å². The van der Waals surface area contributed by atoms with Crippen LogP contribution in [-0.2, 0) is 36.8 Å². The fraction of sp³-hybridized carbons (Fsp3) is 0.417. The van der Waals surface area contributed by atoms with Crippen LogP contribution in [0, 0.1) is 17.6 Å². The molecule has 6 amide bonds. The molecule has 0 saturated heterocycles. The molecule has 1 aliphatic rings. The molecule has 0 unspecified atom stereocenters. The molecule has 2 heterocycles. The highest BCUT2D eigenvalue weighted by Crippen LogP contribution is 2.23. The molecule has 4 N–H and O–H groups in total. The zero-order valence-electron chi connectivity index (χ0n) is 29.6. The first kappa shape index (κ1) is 39.5. The summed E-state index contributed by atoms with van der Waals surface area (Å²) >= 11 is 1.11. The van der Waals surface area contributed by atoms with E-state index in [2.05, 4.69) is 26.3 Å². The van der Waals surface area contributed by atoms with Crippen LogP contribution in [0.25, 0.3) is 0 Å². The fourth-order valence-electron chi connectivity index (χ4n) is 5.49. The smallest absolute Gasteiger partial charge is 0.271 e. The number of thiazole rings is 1. The number of hydrogen-bond donors (Lipinski definition) is 4. The van der Waals surface area contributed by atoms with Crippen molar-refractivity contribution in [3.8, 4) is 0 Å². The Bertz CT molecular complexity index is 1790. The number of aromatic nitrogens is 1. The van der Waals surface area contributed by atoms with Gasteiger partial charge in [-0.1, -0.05) is 56.3 Å². The molecule has 0 radical (unpaired) electrons. The number of carbonyl (C=O) groups excluding carboxylic acids is 6. The summed E-state index contributed by atoms with van der Waals surface area (Å²) < 4.78 is 28.5. The fourth-order valence-corrected chi connectivity index (χ4v) is 6.34. The van der Waals surface area contributed by atoms with Gasteiger partial charge >= 0.3 is 0 Å². The van der Waals surface area contributed by atoms with Gasteiger partial charge in [0.25, 0.3) is 5.91 Å². The zero-order chi connectivity index (χ0) is 38.1. The van der Waals surface area contributed by atoms with Crippen molar-refractivity contribution in [1.82, 2.24) is 36.1 Å². The van der Waals surface area contributed by atoms with E-state index in [9.17, 15) is 37.5 Å². The Kier molecular flexibility index (Phi) is 13.5. The van der Waals surface area contributed by atoms with Gasteiger partial charge in [0, 0.05) is 31.1 Å². The summed E-state index contributed by atoms with van der Waals surface area (Å²) in [6.45, 7) is 5.60. The second-order valence-corrected chi connectivity index (χ2v) is 13.9. The molecule has 278 valence electrons. The van der Waals surface area contributed by atoms with Crippen molar-refractivity contribution in [2.24, 2.45) is 5.92 Å². The van der Waals surface area contributed by atoms with E-state index < -0.39 is 84.2 Å². The molecule has 0 aliphatic carbocycles. The van der Waals surface area contributed by atoms with E-state index in [1.165, 1.54) is 43.3 Å². The van der Waals surface area contributed by atoms with E-state index in [0.717, 1.165) is 27.9 Å². The van der Waals surface area contributed by atoms with Crippen LogP contribution in [0.1, 0.15) is 60.4 Å². The molecular formula is C36H43F2N7O6S. The highest BCUT2D eigenvalue weighted by atomic mass is 32.1. The van der Waals surface area contributed by atoms with Gasteiger partial charge in [0.2, 0.25) is 29.5 Å². The number of nitrogens with one attached hydrogen (secondary N) is 4. The molecule has 0 saturated carbocycles. The Morgan fingerprint density at radius 3 is 2.31 bits per heavy atom. The van der Waals surface area contributed by atoms with E-state index in [-0.39, 0.29) is 36.7 Å². The van der Waals surface area contributed by atoms with E-state index in [0.29, 0.717) is 5.01 Å². The first-order valence-electron chi connectivity index (χ1n) is 16.8. The standard InChI is InChI=1S/C36H43F2N7O6S/c1-20(2)31-34(50)40-22(4)36(51)44(5)14-15-45(29(47)17-24-12-9-13-25(37)30(24)38)18-28(46)41-26(16-23-10-7-6-8-11-23)35-42-27(19-52-35)33(49)39-21(3)32(48)43-31/h6-13,19-22,26,31H,14-18H2,1-5H3,(H,39,49)(H,40,50)(H,41,46)(H,43,48)/t21-,22+,26-,31-/m0/s1. The number of halogens is 2. The minimum atomic E-state index is -1.18. The average Bonchev–Trinajstić information content (AvgIpc) is 3.60. The number of nitrogens with zero attached hydrogens (tertiary/aromatic N) is 3. The zero-order valence-corrected chi connectivity index (χ0v) is 30.4. The number of hydrogen-bond acceptors (Lipinski definition) is 8. The normalized spacial score (nSPS) is 21.5. The van der Waals surface area contributed by atoms with Crippen molar-refractivity contribution in [3.63, 3.8) is 0 Å². The Morgan fingerprint density at radius 2 is 1.62 bits per heavy atom. The van der Waals surface area contributed by atoms with Crippen LogP contribution in [0.2, 0.25) is 0 Å². The number of carbonyl (C=O) groups is 6. The van der Waals surface area contributed by atoms with Crippen molar-refractivity contribution in [1.29, 1.82) is 0 Å². The maximum absolute atomic E-state index is 14.6. The van der Waals surface area contributed by atoms with E-state index in [1.807, 2.05) is 30.3 Å². The predicted octanol–water partition coefficient (Wildman–Crippen LogP) is 2.13. The second kappa shape index (κ2) is 17.8. The van der Waals surface area contributed by atoms with Gasteiger partial charge in [-0.15, -0.1) is 11.3 Å². The third-order valence-electron chi connectivity index (χ3n) is 8.53. The van der Waals surface area contributed by atoms with Crippen molar-refractivity contribution in [2.45, 2.75) is 64.7 Å². The Hall–Kier alpha value is -5.25. The minimum Gasteiger partial charge on any atom is -0.345 e. The number of rotatable bonds is 5. The average molecular weight is 740 g/mol. The maximum Gasteiger partial charge on any atom is 0.271 e. The number of benzene rings is 2. The Morgan fingerprint density at radius 1 is 0.904 bits per heavy atom. The van der Waals surface area contributed by atoms with Gasteiger partial charge in [-0.25, -0.2) is 13.8 Å². The van der Waals surface area contributed by atoms with Crippen molar-refractivity contribution in [3.05, 3.63) is 87.4 Å². The molecule has 16 heteroatoms. The molecule has 0 fully saturated rings. The quantitative estimate of drug-likeness (QED) is 0.311. The van der Waals surface area contributed by atoms with Gasteiger partial charge in [-0.3, -0.25) is 28.8 Å². The van der Waals surface area contributed by atoms with Gasteiger partial charge in [-0.05, 0) is 37.8 Å². The number of fused-ring (bicyclic) bond motifs is 2. The van der Waals surface area contributed by atoms with Gasteiger partial charge in [0.05, 0.1) is 19.0 Å². The van der Waals surface area contributed by atoms with Crippen LogP contribution >= 0.6 is 11.3 Å². The predicted molar refractivity (Wildman–Crippen MR) is 189 cm³/mol. The van der Waals surface area contributed by atoms with Crippen molar-refractivity contribution in [2.75, 3.05) is 26.7 Å². The van der Waals surface area contributed by atoms with Gasteiger partial charge < -0.3 is 31.1 Å². The summed E-state index contributed by atoms with van der Waals surface area (Å²) in [6.07, 6.45) is -0.282. The van der Waals surface area contributed by atoms with Gasteiger partial charge in [0.15, 0.2) is 11.6 Å². The van der Waals surface area contributed by atoms with Crippen molar-refractivity contribution < 1.29 is 37.5 Å². The number of likely N-dealkylation sites (N-methyl/N-ethyl adjacent to an activating group) is 1. The summed E-state index contributed by atoms with van der Waals surface area (Å²) in [5, 5.41) is 12.6. The summed E-state index contributed by atoms with van der Waals surface area (Å²) in [7, 11) is 1.46. The highest BCUT2D eigenvalue weighted by molar-refractivity contribution is 7.09. The molecule has 13 nitrogen and oxygen atoms in total. The van der Waals surface area contributed by atoms with Crippen LogP contribution in [-0.4, -0.2) is 95.0 Å². The van der Waals surface area contributed by atoms with Crippen molar-refractivity contribution >= 4 is 46.8 Å². The third kappa shape index (κ3) is 10.4. The molecule has 4 rings (SSSR count). The summed E-state index contributed by atoms with van der Waals surface area (Å²) in [4.78, 5) is 87.0. The van der Waals surface area contributed by atoms with Crippen LogP contribution in [0.15, 0.2) is 53.9 Å².